The molecule has 0 radical (unpaired) electrons. The normalized spacial score (nSPS) is 12.0. The zero-order valence-corrected chi connectivity index (χ0v) is 16.4. The molecule has 8 heteroatoms. The van der Waals surface area contributed by atoms with Crippen LogP contribution in [0.15, 0.2) is 65.1 Å². The highest BCUT2D eigenvalue weighted by atomic mass is 35.5. The largest absolute Gasteiger partial charge is 0.478 e. The standard InChI is InChI=1S/C23H13ClF3NO3/c24-15-4-8-20-18(11-15)19(22(29)30)12-16(28-20)5-6-17-7-9-21(31-17)13-2-1-3-14(10-13)23(25,26)27/h1-12H,(H,29,30)/b6-5+. The third-order valence-electron chi connectivity index (χ3n) is 4.54. The molecule has 0 aliphatic carbocycles. The van der Waals surface area contributed by atoms with E-state index in [0.717, 1.165) is 12.1 Å². The fourth-order valence-corrected chi connectivity index (χ4v) is 3.27. The van der Waals surface area contributed by atoms with Gasteiger partial charge in [-0.05, 0) is 60.7 Å². The Morgan fingerprint density at radius 2 is 1.84 bits per heavy atom. The number of aromatic carboxylic acids is 1. The SMILES string of the molecule is O=C(O)c1cc(/C=C/c2ccc(-c3cccc(C(F)(F)F)c3)o2)nc2ccc(Cl)cc12. The maximum Gasteiger partial charge on any atom is 0.416 e. The summed E-state index contributed by atoms with van der Waals surface area (Å²) in [7, 11) is 0. The third-order valence-corrected chi connectivity index (χ3v) is 4.78. The van der Waals surface area contributed by atoms with Gasteiger partial charge in [-0.3, -0.25) is 0 Å². The predicted octanol–water partition coefficient (Wildman–Crippen LogP) is 7.04. The van der Waals surface area contributed by atoms with Crippen molar-refractivity contribution in [2.75, 3.05) is 0 Å². The summed E-state index contributed by atoms with van der Waals surface area (Å²) in [6.45, 7) is 0. The second-order valence-electron chi connectivity index (χ2n) is 6.68. The molecule has 2 heterocycles. The van der Waals surface area contributed by atoms with Crippen LogP contribution < -0.4 is 0 Å². The van der Waals surface area contributed by atoms with Crippen LogP contribution in [0, 0.1) is 0 Å². The molecule has 2 aromatic heterocycles. The van der Waals surface area contributed by atoms with Crippen molar-refractivity contribution in [1.82, 2.24) is 4.98 Å². The van der Waals surface area contributed by atoms with Crippen LogP contribution in [-0.4, -0.2) is 16.1 Å². The van der Waals surface area contributed by atoms with E-state index in [1.54, 1.807) is 36.4 Å². The number of fused-ring (bicyclic) bond motifs is 1. The lowest BCUT2D eigenvalue weighted by Crippen LogP contribution is -2.04. The molecule has 4 rings (SSSR count). The van der Waals surface area contributed by atoms with Crippen molar-refractivity contribution in [3.8, 4) is 11.3 Å². The highest BCUT2D eigenvalue weighted by Gasteiger charge is 2.30. The number of alkyl halides is 3. The first-order valence-electron chi connectivity index (χ1n) is 9.00. The first-order chi connectivity index (χ1) is 14.7. The van der Waals surface area contributed by atoms with Crippen molar-refractivity contribution in [3.05, 3.63) is 88.3 Å². The van der Waals surface area contributed by atoms with Crippen LogP contribution in [0.1, 0.15) is 27.4 Å². The number of nitrogens with zero attached hydrogens (tertiary/aromatic N) is 1. The summed E-state index contributed by atoms with van der Waals surface area (Å²) in [5, 5.41) is 10.3. The van der Waals surface area contributed by atoms with E-state index in [-0.39, 0.29) is 11.3 Å². The minimum atomic E-state index is -4.45. The zero-order valence-electron chi connectivity index (χ0n) is 15.7. The van der Waals surface area contributed by atoms with Gasteiger partial charge in [-0.1, -0.05) is 23.7 Å². The summed E-state index contributed by atoms with van der Waals surface area (Å²) in [5.41, 5.74) is 0.428. The van der Waals surface area contributed by atoms with E-state index >= 15 is 0 Å². The van der Waals surface area contributed by atoms with Crippen LogP contribution >= 0.6 is 11.6 Å². The van der Waals surface area contributed by atoms with Crippen LogP contribution in [0.5, 0.6) is 0 Å². The van der Waals surface area contributed by atoms with Gasteiger partial charge >= 0.3 is 12.1 Å². The Kier molecular flexibility index (Phi) is 5.29. The number of halogens is 4. The van der Waals surface area contributed by atoms with Gasteiger partial charge in [-0.2, -0.15) is 13.2 Å². The molecule has 0 spiro atoms. The molecule has 0 atom stereocenters. The lowest BCUT2D eigenvalue weighted by Gasteiger charge is -2.07. The van der Waals surface area contributed by atoms with Crippen molar-refractivity contribution >= 4 is 40.6 Å². The van der Waals surface area contributed by atoms with Crippen LogP contribution in [-0.2, 0) is 6.18 Å². The summed E-state index contributed by atoms with van der Waals surface area (Å²) in [6, 6.07) is 14.2. The quantitative estimate of drug-likeness (QED) is 0.367. The van der Waals surface area contributed by atoms with Crippen LogP contribution in [0.3, 0.4) is 0 Å². The maximum absolute atomic E-state index is 12.9. The Morgan fingerprint density at radius 1 is 1.03 bits per heavy atom. The Labute approximate surface area is 179 Å². The summed E-state index contributed by atoms with van der Waals surface area (Å²) in [6.07, 6.45) is -1.32. The third kappa shape index (κ3) is 4.46. The maximum atomic E-state index is 12.9. The molecular formula is C23H13ClF3NO3. The highest BCUT2D eigenvalue weighted by molar-refractivity contribution is 6.31. The van der Waals surface area contributed by atoms with E-state index in [2.05, 4.69) is 4.98 Å². The molecular weight excluding hydrogens is 431 g/mol. The lowest BCUT2D eigenvalue weighted by molar-refractivity contribution is -0.137. The molecule has 1 N–H and O–H groups in total. The average Bonchev–Trinajstić information content (AvgIpc) is 3.20. The molecule has 0 aliphatic heterocycles. The van der Waals surface area contributed by atoms with Gasteiger partial charge in [-0.25, -0.2) is 9.78 Å². The predicted molar refractivity (Wildman–Crippen MR) is 112 cm³/mol. The Bertz CT molecular complexity index is 1330. The average molecular weight is 444 g/mol. The molecule has 4 nitrogen and oxygen atoms in total. The monoisotopic (exact) mass is 443 g/mol. The number of furan rings is 1. The fraction of sp³-hybridized carbons (Fsp3) is 0.0435. The van der Waals surface area contributed by atoms with Gasteiger partial charge in [0.15, 0.2) is 0 Å². The van der Waals surface area contributed by atoms with E-state index in [1.807, 2.05) is 0 Å². The van der Waals surface area contributed by atoms with Crippen LogP contribution in [0.2, 0.25) is 5.02 Å². The van der Waals surface area contributed by atoms with Gasteiger partial charge in [-0.15, -0.1) is 0 Å². The molecule has 4 aromatic rings. The number of benzene rings is 2. The van der Waals surface area contributed by atoms with Gasteiger partial charge in [0.2, 0.25) is 0 Å². The summed E-state index contributed by atoms with van der Waals surface area (Å²) in [4.78, 5) is 16.0. The van der Waals surface area contributed by atoms with Crippen LogP contribution in [0.25, 0.3) is 34.4 Å². The molecule has 2 aromatic carbocycles. The molecule has 0 amide bonds. The molecule has 31 heavy (non-hydrogen) atoms. The molecule has 0 unspecified atom stereocenters. The van der Waals surface area contributed by atoms with Gasteiger partial charge < -0.3 is 9.52 Å². The Hall–Kier alpha value is -3.58. The minimum Gasteiger partial charge on any atom is -0.478 e. The van der Waals surface area contributed by atoms with Crippen molar-refractivity contribution in [3.63, 3.8) is 0 Å². The van der Waals surface area contributed by atoms with E-state index in [4.69, 9.17) is 16.0 Å². The van der Waals surface area contributed by atoms with Crippen molar-refractivity contribution in [2.24, 2.45) is 0 Å². The van der Waals surface area contributed by atoms with Crippen LogP contribution in [0.4, 0.5) is 13.2 Å². The van der Waals surface area contributed by atoms with E-state index in [0.29, 0.717) is 32.9 Å². The number of hydrogen-bond acceptors (Lipinski definition) is 3. The lowest BCUT2D eigenvalue weighted by atomic mass is 10.1. The number of carboxylic acids is 1. The first-order valence-corrected chi connectivity index (χ1v) is 9.38. The zero-order chi connectivity index (χ0) is 22.2. The van der Waals surface area contributed by atoms with E-state index in [9.17, 15) is 23.1 Å². The number of pyridine rings is 1. The second-order valence-corrected chi connectivity index (χ2v) is 7.11. The number of hydrogen-bond donors (Lipinski definition) is 1. The summed E-state index contributed by atoms with van der Waals surface area (Å²) < 4.78 is 44.4. The van der Waals surface area contributed by atoms with Gasteiger partial charge in [0, 0.05) is 16.0 Å². The van der Waals surface area contributed by atoms with Crippen molar-refractivity contribution in [2.45, 2.75) is 6.18 Å². The molecule has 156 valence electrons. The molecule has 0 saturated carbocycles. The van der Waals surface area contributed by atoms with Gasteiger partial charge in [0.25, 0.3) is 0 Å². The first kappa shape index (κ1) is 20.7. The number of carboxylic acid groups (broad SMARTS) is 1. The van der Waals surface area contributed by atoms with Gasteiger partial charge in [0.05, 0.1) is 22.3 Å². The molecule has 0 aliphatic rings. The summed E-state index contributed by atoms with van der Waals surface area (Å²) >= 11 is 5.95. The molecule has 0 fully saturated rings. The Balaban J connectivity index is 1.65. The molecule has 0 bridgehead atoms. The number of carbonyl (C=O) groups is 1. The molecule has 0 saturated heterocycles. The van der Waals surface area contributed by atoms with Gasteiger partial charge in [0.1, 0.15) is 11.5 Å². The topological polar surface area (TPSA) is 63.3 Å². The number of aromatic nitrogens is 1. The van der Waals surface area contributed by atoms with E-state index in [1.165, 1.54) is 24.3 Å². The Morgan fingerprint density at radius 3 is 2.58 bits per heavy atom. The van der Waals surface area contributed by atoms with Crippen molar-refractivity contribution < 1.29 is 27.5 Å². The van der Waals surface area contributed by atoms with Crippen molar-refractivity contribution in [1.29, 1.82) is 0 Å². The highest BCUT2D eigenvalue weighted by Crippen LogP contribution is 2.33. The van der Waals surface area contributed by atoms with E-state index < -0.39 is 17.7 Å². The minimum absolute atomic E-state index is 0.0521. The number of rotatable bonds is 4. The summed E-state index contributed by atoms with van der Waals surface area (Å²) in [5.74, 6) is -0.463. The fourth-order valence-electron chi connectivity index (χ4n) is 3.09. The second kappa shape index (κ2) is 7.92. The smallest absolute Gasteiger partial charge is 0.416 e.